The minimum absolute atomic E-state index is 0.0503. The second kappa shape index (κ2) is 10.3. The highest BCUT2D eigenvalue weighted by atomic mass is 35.5. The van der Waals surface area contributed by atoms with Crippen molar-refractivity contribution in [2.75, 3.05) is 19.6 Å². The van der Waals surface area contributed by atoms with Gasteiger partial charge in [0.25, 0.3) is 5.91 Å². The summed E-state index contributed by atoms with van der Waals surface area (Å²) < 4.78 is 38.5. The summed E-state index contributed by atoms with van der Waals surface area (Å²) in [5.41, 5.74) is 0.741. The van der Waals surface area contributed by atoms with Crippen LogP contribution >= 0.6 is 23.2 Å². The lowest BCUT2D eigenvalue weighted by Gasteiger charge is -2.25. The van der Waals surface area contributed by atoms with Gasteiger partial charge in [-0.05, 0) is 47.9 Å². The van der Waals surface area contributed by atoms with Crippen LogP contribution in [0.3, 0.4) is 0 Å². The third-order valence-electron chi connectivity index (χ3n) is 6.04. The Bertz CT molecular complexity index is 1210. The third kappa shape index (κ3) is 5.78. The summed E-state index contributed by atoms with van der Waals surface area (Å²) in [6.45, 7) is 1.25. The van der Waals surface area contributed by atoms with Gasteiger partial charge in [0.05, 0.1) is 27.3 Å². The van der Waals surface area contributed by atoms with Gasteiger partial charge >= 0.3 is 6.18 Å². The molecule has 1 saturated heterocycles. The summed E-state index contributed by atoms with van der Waals surface area (Å²) in [7, 11) is 0. The van der Waals surface area contributed by atoms with Crippen LogP contribution in [-0.4, -0.2) is 47.8 Å². The highest BCUT2D eigenvalue weighted by Crippen LogP contribution is 2.36. The minimum Gasteiger partial charge on any atom is -0.372 e. The topological polar surface area (TPSA) is 81.0 Å². The SMILES string of the molecule is N#Cc1ccc(C(=O)N2C[C@H](CNC3C=CC(C(F)(F)F)=CN3)[C@@H](c3ccc(Cl)c(Cl)c3)C2)cn1. The van der Waals surface area contributed by atoms with E-state index in [0.717, 1.165) is 17.8 Å². The maximum absolute atomic E-state index is 13.1. The lowest BCUT2D eigenvalue weighted by Crippen LogP contribution is -2.43. The Hall–Kier alpha value is -3.06. The van der Waals surface area contributed by atoms with Gasteiger partial charge in [-0.2, -0.15) is 18.4 Å². The molecule has 3 atom stereocenters. The second-order valence-electron chi connectivity index (χ2n) is 8.30. The molecule has 2 aliphatic rings. The molecule has 2 N–H and O–H groups in total. The van der Waals surface area contributed by atoms with E-state index in [-0.39, 0.29) is 23.4 Å². The molecule has 1 amide bonds. The third-order valence-corrected chi connectivity index (χ3v) is 6.78. The minimum atomic E-state index is -4.42. The first-order valence-corrected chi connectivity index (χ1v) is 11.5. The van der Waals surface area contributed by atoms with E-state index in [1.54, 1.807) is 23.1 Å². The van der Waals surface area contributed by atoms with Gasteiger partial charge in [-0.25, -0.2) is 4.98 Å². The number of likely N-dealkylation sites (tertiary alicyclic amines) is 1. The number of rotatable bonds is 5. The molecule has 182 valence electrons. The Morgan fingerprint density at radius 2 is 2.03 bits per heavy atom. The molecule has 0 bridgehead atoms. The van der Waals surface area contributed by atoms with Crippen LogP contribution in [0.5, 0.6) is 0 Å². The number of nitriles is 1. The van der Waals surface area contributed by atoms with Crippen LogP contribution in [0, 0.1) is 17.2 Å². The number of aromatic nitrogens is 1. The van der Waals surface area contributed by atoms with E-state index < -0.39 is 17.9 Å². The number of carbonyl (C=O) groups excluding carboxylic acids is 1. The van der Waals surface area contributed by atoms with E-state index in [4.69, 9.17) is 28.5 Å². The zero-order valence-corrected chi connectivity index (χ0v) is 19.7. The van der Waals surface area contributed by atoms with E-state index in [2.05, 4.69) is 15.6 Å². The van der Waals surface area contributed by atoms with Gasteiger partial charge in [0.1, 0.15) is 11.8 Å². The number of nitrogens with zero attached hydrogens (tertiary/aromatic N) is 3. The van der Waals surface area contributed by atoms with Crippen LogP contribution in [-0.2, 0) is 0 Å². The van der Waals surface area contributed by atoms with E-state index in [1.165, 1.54) is 18.3 Å². The molecule has 1 aromatic heterocycles. The van der Waals surface area contributed by atoms with Crippen molar-refractivity contribution < 1.29 is 18.0 Å². The number of pyridine rings is 1. The van der Waals surface area contributed by atoms with Crippen molar-refractivity contribution in [3.05, 3.63) is 87.3 Å². The van der Waals surface area contributed by atoms with E-state index in [1.807, 2.05) is 12.1 Å². The van der Waals surface area contributed by atoms with Crippen molar-refractivity contribution in [3.63, 3.8) is 0 Å². The molecule has 0 radical (unpaired) electrons. The van der Waals surface area contributed by atoms with Crippen LogP contribution in [0.1, 0.15) is 27.5 Å². The van der Waals surface area contributed by atoms with Gasteiger partial charge in [0.15, 0.2) is 0 Å². The Morgan fingerprint density at radius 3 is 2.63 bits per heavy atom. The molecule has 2 aliphatic heterocycles. The summed E-state index contributed by atoms with van der Waals surface area (Å²) in [5.74, 6) is -0.352. The van der Waals surface area contributed by atoms with Gasteiger partial charge < -0.3 is 10.2 Å². The largest absolute Gasteiger partial charge is 0.417 e. The maximum atomic E-state index is 13.1. The lowest BCUT2D eigenvalue weighted by molar-refractivity contribution is -0.0888. The van der Waals surface area contributed by atoms with Crippen molar-refractivity contribution in [1.82, 2.24) is 20.5 Å². The molecule has 1 aromatic carbocycles. The molecule has 0 saturated carbocycles. The van der Waals surface area contributed by atoms with Crippen molar-refractivity contribution in [1.29, 1.82) is 5.26 Å². The molecule has 1 unspecified atom stereocenters. The summed E-state index contributed by atoms with van der Waals surface area (Å²) in [6.07, 6.45) is -0.133. The first-order chi connectivity index (χ1) is 16.7. The number of dihydropyridines is 1. The summed E-state index contributed by atoms with van der Waals surface area (Å²) in [6, 6.07) is 10.3. The Kier molecular flexibility index (Phi) is 7.36. The number of benzene rings is 1. The first-order valence-electron chi connectivity index (χ1n) is 10.7. The zero-order chi connectivity index (χ0) is 25.2. The van der Waals surface area contributed by atoms with Crippen LogP contribution in [0.4, 0.5) is 13.2 Å². The average molecular weight is 522 g/mol. The smallest absolute Gasteiger partial charge is 0.372 e. The predicted molar refractivity (Wildman–Crippen MR) is 126 cm³/mol. The highest BCUT2D eigenvalue weighted by Gasteiger charge is 2.37. The molecular formula is C24H20Cl2F3N5O. The summed E-state index contributed by atoms with van der Waals surface area (Å²) >= 11 is 12.3. The number of alkyl halides is 3. The summed E-state index contributed by atoms with van der Waals surface area (Å²) in [5, 5.41) is 15.7. The van der Waals surface area contributed by atoms with Crippen molar-refractivity contribution in [2.45, 2.75) is 18.3 Å². The highest BCUT2D eigenvalue weighted by molar-refractivity contribution is 6.42. The Balaban J connectivity index is 1.49. The van der Waals surface area contributed by atoms with Gasteiger partial charge in [-0.1, -0.05) is 29.3 Å². The lowest BCUT2D eigenvalue weighted by atomic mass is 9.89. The standard InChI is InChI=1S/C24H20Cl2F3N5O/c25-20-5-2-14(7-21(20)26)19-13-34(23(35)15-1-4-18(8-30)31-9-15)12-16(19)10-32-22-6-3-17(11-33-22)24(27,28)29/h1-7,9,11,16,19,22,32-33H,10,12-13H2/t16-,19+,22?/m0/s1. The predicted octanol–water partition coefficient (Wildman–Crippen LogP) is 4.64. The van der Waals surface area contributed by atoms with Crippen molar-refractivity contribution >= 4 is 29.1 Å². The molecule has 6 nitrogen and oxygen atoms in total. The average Bonchev–Trinajstić information content (AvgIpc) is 3.28. The second-order valence-corrected chi connectivity index (χ2v) is 9.12. The molecule has 1 fully saturated rings. The monoisotopic (exact) mass is 521 g/mol. The van der Waals surface area contributed by atoms with E-state index in [0.29, 0.717) is 35.2 Å². The van der Waals surface area contributed by atoms with Crippen LogP contribution in [0.25, 0.3) is 0 Å². The molecule has 4 rings (SSSR count). The van der Waals surface area contributed by atoms with Crippen molar-refractivity contribution in [3.8, 4) is 6.07 Å². The number of allylic oxidation sites excluding steroid dienone is 2. The van der Waals surface area contributed by atoms with Crippen molar-refractivity contribution in [2.24, 2.45) is 5.92 Å². The van der Waals surface area contributed by atoms with E-state index in [9.17, 15) is 18.0 Å². The van der Waals surface area contributed by atoms with Crippen LogP contribution in [0.15, 0.2) is 60.5 Å². The number of hydrogen-bond acceptors (Lipinski definition) is 5. The normalized spacial score (nSPS) is 21.9. The van der Waals surface area contributed by atoms with E-state index >= 15 is 0 Å². The quantitative estimate of drug-likeness (QED) is 0.599. The number of carbonyl (C=O) groups is 1. The zero-order valence-electron chi connectivity index (χ0n) is 18.2. The first kappa shape index (κ1) is 25.0. The molecule has 0 spiro atoms. The number of amides is 1. The molecule has 11 heteroatoms. The molecule has 3 heterocycles. The fourth-order valence-electron chi connectivity index (χ4n) is 4.20. The maximum Gasteiger partial charge on any atom is 0.417 e. The number of nitrogens with one attached hydrogen (secondary N) is 2. The van der Waals surface area contributed by atoms with Crippen LogP contribution in [0.2, 0.25) is 10.0 Å². The number of halogens is 5. The summed E-state index contributed by atoms with van der Waals surface area (Å²) in [4.78, 5) is 18.8. The molecule has 2 aromatic rings. The van der Waals surface area contributed by atoms with Gasteiger partial charge in [-0.15, -0.1) is 0 Å². The Morgan fingerprint density at radius 1 is 1.23 bits per heavy atom. The number of hydrogen-bond donors (Lipinski definition) is 2. The molecular weight excluding hydrogens is 502 g/mol. The molecule has 35 heavy (non-hydrogen) atoms. The van der Waals surface area contributed by atoms with Gasteiger partial charge in [-0.3, -0.25) is 10.1 Å². The van der Waals surface area contributed by atoms with Crippen LogP contribution < -0.4 is 10.6 Å². The Labute approximate surface area is 210 Å². The fourth-order valence-corrected chi connectivity index (χ4v) is 4.50. The van der Waals surface area contributed by atoms with Gasteiger partial charge in [0, 0.05) is 37.9 Å². The fraction of sp³-hybridized carbons (Fsp3) is 0.292. The van der Waals surface area contributed by atoms with Gasteiger partial charge in [0.2, 0.25) is 0 Å². The molecule has 0 aliphatic carbocycles.